The Hall–Kier alpha value is -1.69. The number of anilines is 1. The number of rotatable bonds is 2. The largest absolute Gasteiger partial charge is 0.356 e. The Morgan fingerprint density at radius 3 is 2.89 bits per heavy atom. The highest BCUT2D eigenvalue weighted by molar-refractivity contribution is 5.51. The average molecular weight is 262 g/mol. The summed E-state index contributed by atoms with van der Waals surface area (Å²) in [6.45, 7) is 3.78. The second-order valence-corrected chi connectivity index (χ2v) is 5.66. The van der Waals surface area contributed by atoms with E-state index in [4.69, 9.17) is 5.73 Å². The van der Waals surface area contributed by atoms with Gasteiger partial charge in [0, 0.05) is 25.2 Å². The van der Waals surface area contributed by atoms with Crippen molar-refractivity contribution in [1.82, 2.24) is 4.98 Å². The van der Waals surface area contributed by atoms with E-state index in [1.54, 1.807) is 6.07 Å². The smallest absolute Gasteiger partial charge is 0.287 e. The van der Waals surface area contributed by atoms with Crippen molar-refractivity contribution in [3.63, 3.8) is 0 Å². The number of nitrogens with zero attached hydrogens (tertiary/aromatic N) is 3. The topological polar surface area (TPSA) is 85.3 Å². The summed E-state index contributed by atoms with van der Waals surface area (Å²) in [5.41, 5.74) is 7.04. The first-order chi connectivity index (χ1) is 9.06. The molecule has 3 atom stereocenters. The zero-order valence-electron chi connectivity index (χ0n) is 11.0. The summed E-state index contributed by atoms with van der Waals surface area (Å²) < 4.78 is 0. The minimum Gasteiger partial charge on any atom is -0.356 e. The molecular formula is C13H18N4O2. The predicted molar refractivity (Wildman–Crippen MR) is 72.0 cm³/mol. The van der Waals surface area contributed by atoms with E-state index < -0.39 is 4.92 Å². The summed E-state index contributed by atoms with van der Waals surface area (Å²) in [6.07, 6.45) is 3.65. The van der Waals surface area contributed by atoms with Crippen molar-refractivity contribution < 1.29 is 4.92 Å². The number of nitrogens with two attached hydrogens (primary N) is 1. The van der Waals surface area contributed by atoms with E-state index in [9.17, 15) is 10.1 Å². The van der Waals surface area contributed by atoms with Crippen LogP contribution in [0.15, 0.2) is 12.3 Å². The molecule has 1 saturated heterocycles. The molecule has 2 heterocycles. The van der Waals surface area contributed by atoms with Gasteiger partial charge in [-0.2, -0.15) is 0 Å². The Bertz CT molecular complexity index is 519. The van der Waals surface area contributed by atoms with Crippen LogP contribution in [0.4, 0.5) is 11.5 Å². The van der Waals surface area contributed by atoms with Crippen LogP contribution in [0, 0.1) is 28.9 Å². The zero-order chi connectivity index (χ0) is 13.6. The average Bonchev–Trinajstić information content (AvgIpc) is 2.92. The molecule has 1 aliphatic heterocycles. The highest BCUT2D eigenvalue weighted by atomic mass is 16.6. The number of aryl methyl sites for hydroxylation is 1. The van der Waals surface area contributed by atoms with Crippen molar-refractivity contribution >= 4 is 11.5 Å². The summed E-state index contributed by atoms with van der Waals surface area (Å²) in [5, 5.41) is 10.7. The van der Waals surface area contributed by atoms with Crippen molar-refractivity contribution in [1.29, 1.82) is 0 Å². The van der Waals surface area contributed by atoms with Crippen LogP contribution >= 0.6 is 0 Å². The van der Waals surface area contributed by atoms with Gasteiger partial charge in [-0.15, -0.1) is 0 Å². The molecule has 2 fully saturated rings. The van der Waals surface area contributed by atoms with E-state index in [0.29, 0.717) is 17.9 Å². The Morgan fingerprint density at radius 1 is 1.47 bits per heavy atom. The number of pyridine rings is 1. The summed E-state index contributed by atoms with van der Waals surface area (Å²) in [7, 11) is 0. The van der Waals surface area contributed by atoms with Crippen molar-refractivity contribution in [2.45, 2.75) is 25.8 Å². The van der Waals surface area contributed by atoms with Crippen LogP contribution in [-0.2, 0) is 0 Å². The molecular weight excluding hydrogens is 244 g/mol. The molecule has 6 heteroatoms. The van der Waals surface area contributed by atoms with E-state index in [2.05, 4.69) is 9.88 Å². The van der Waals surface area contributed by atoms with Crippen LogP contribution in [0.25, 0.3) is 0 Å². The maximum atomic E-state index is 10.7. The number of hydrogen-bond donors (Lipinski definition) is 1. The Balaban J connectivity index is 1.82. The third-order valence-electron chi connectivity index (χ3n) is 4.46. The van der Waals surface area contributed by atoms with Gasteiger partial charge in [0.1, 0.15) is 12.0 Å². The lowest BCUT2D eigenvalue weighted by Gasteiger charge is -2.21. The summed E-state index contributed by atoms with van der Waals surface area (Å²) >= 11 is 0. The van der Waals surface area contributed by atoms with Gasteiger partial charge in [0.2, 0.25) is 0 Å². The second kappa shape index (κ2) is 4.45. The van der Waals surface area contributed by atoms with Gasteiger partial charge < -0.3 is 10.6 Å². The van der Waals surface area contributed by atoms with Crippen LogP contribution in [0.2, 0.25) is 0 Å². The van der Waals surface area contributed by atoms with Gasteiger partial charge in [0.25, 0.3) is 5.69 Å². The molecule has 0 aromatic carbocycles. The van der Waals surface area contributed by atoms with Crippen LogP contribution in [-0.4, -0.2) is 29.0 Å². The fourth-order valence-corrected chi connectivity index (χ4v) is 3.46. The van der Waals surface area contributed by atoms with Crippen molar-refractivity contribution in [3.8, 4) is 0 Å². The number of hydrogen-bond acceptors (Lipinski definition) is 5. The van der Waals surface area contributed by atoms with Crippen LogP contribution in [0.1, 0.15) is 18.4 Å². The molecule has 0 radical (unpaired) electrons. The van der Waals surface area contributed by atoms with Crippen LogP contribution in [0.5, 0.6) is 0 Å². The SMILES string of the molecule is Cc1cc([N+](=O)[O-])cnc1N1CC2CCC(N)C2C1. The Labute approximate surface area is 111 Å². The molecule has 3 rings (SSSR count). The first-order valence-corrected chi connectivity index (χ1v) is 6.68. The van der Waals surface area contributed by atoms with Gasteiger partial charge in [0.05, 0.1) is 4.92 Å². The molecule has 2 aliphatic rings. The molecule has 2 N–H and O–H groups in total. The first kappa shape index (κ1) is 12.3. The van der Waals surface area contributed by atoms with Crippen LogP contribution < -0.4 is 10.6 Å². The van der Waals surface area contributed by atoms with Crippen molar-refractivity contribution in [2.75, 3.05) is 18.0 Å². The third-order valence-corrected chi connectivity index (χ3v) is 4.46. The third kappa shape index (κ3) is 2.06. The highest BCUT2D eigenvalue weighted by Gasteiger charge is 2.41. The van der Waals surface area contributed by atoms with E-state index in [1.807, 2.05) is 6.92 Å². The van der Waals surface area contributed by atoms with Crippen LogP contribution in [0.3, 0.4) is 0 Å². The van der Waals surface area contributed by atoms with Crippen molar-refractivity contribution in [3.05, 3.63) is 27.9 Å². The lowest BCUT2D eigenvalue weighted by molar-refractivity contribution is -0.385. The lowest BCUT2D eigenvalue weighted by Crippen LogP contribution is -2.30. The molecule has 1 saturated carbocycles. The fourth-order valence-electron chi connectivity index (χ4n) is 3.46. The number of fused-ring (bicyclic) bond motifs is 1. The monoisotopic (exact) mass is 262 g/mol. The van der Waals surface area contributed by atoms with Gasteiger partial charge in [-0.25, -0.2) is 4.98 Å². The summed E-state index contributed by atoms with van der Waals surface area (Å²) in [5.74, 6) is 2.08. The van der Waals surface area contributed by atoms with E-state index in [-0.39, 0.29) is 5.69 Å². The molecule has 1 aromatic heterocycles. The van der Waals surface area contributed by atoms with Gasteiger partial charge >= 0.3 is 0 Å². The minimum absolute atomic E-state index is 0.0531. The molecule has 102 valence electrons. The van der Waals surface area contributed by atoms with Gasteiger partial charge in [0.15, 0.2) is 0 Å². The van der Waals surface area contributed by atoms with Crippen molar-refractivity contribution in [2.24, 2.45) is 17.6 Å². The molecule has 0 bridgehead atoms. The maximum Gasteiger partial charge on any atom is 0.287 e. The molecule has 3 unspecified atom stereocenters. The summed E-state index contributed by atoms with van der Waals surface area (Å²) in [4.78, 5) is 16.8. The van der Waals surface area contributed by atoms with Gasteiger partial charge in [-0.3, -0.25) is 10.1 Å². The highest BCUT2D eigenvalue weighted by Crippen LogP contribution is 2.39. The first-order valence-electron chi connectivity index (χ1n) is 6.68. The fraction of sp³-hybridized carbons (Fsp3) is 0.615. The normalized spacial score (nSPS) is 29.6. The molecule has 1 aromatic rings. The standard InChI is InChI=1S/C13H18N4O2/c1-8-4-10(17(18)19)5-15-13(8)16-6-9-2-3-12(14)11(9)7-16/h4-5,9,11-12H,2-3,6-7,14H2,1H3. The number of aromatic nitrogens is 1. The Morgan fingerprint density at radius 2 is 2.26 bits per heavy atom. The van der Waals surface area contributed by atoms with Gasteiger partial charge in [-0.1, -0.05) is 0 Å². The minimum atomic E-state index is -0.404. The predicted octanol–water partition coefficient (Wildman–Crippen LogP) is 1.47. The molecule has 6 nitrogen and oxygen atoms in total. The molecule has 19 heavy (non-hydrogen) atoms. The molecule has 1 aliphatic carbocycles. The zero-order valence-corrected chi connectivity index (χ0v) is 11.0. The maximum absolute atomic E-state index is 10.7. The number of nitro groups is 1. The quantitative estimate of drug-likeness (QED) is 0.644. The molecule has 0 amide bonds. The molecule has 0 spiro atoms. The second-order valence-electron chi connectivity index (χ2n) is 5.66. The van der Waals surface area contributed by atoms with E-state index in [0.717, 1.165) is 30.9 Å². The van der Waals surface area contributed by atoms with E-state index >= 15 is 0 Å². The Kier molecular flexibility index (Phi) is 2.89. The van der Waals surface area contributed by atoms with Gasteiger partial charge in [-0.05, 0) is 37.2 Å². The lowest BCUT2D eigenvalue weighted by atomic mass is 9.98. The van der Waals surface area contributed by atoms with E-state index in [1.165, 1.54) is 12.6 Å². The summed E-state index contributed by atoms with van der Waals surface area (Å²) in [6, 6.07) is 1.89.